The fourth-order valence-corrected chi connectivity index (χ4v) is 3.79. The Labute approximate surface area is 209 Å². The highest BCUT2D eigenvalue weighted by Crippen LogP contribution is 2.23. The van der Waals surface area contributed by atoms with Crippen molar-refractivity contribution in [3.8, 4) is 11.5 Å². The highest BCUT2D eigenvalue weighted by atomic mass is 16.5. The number of benzene rings is 2. The lowest BCUT2D eigenvalue weighted by Crippen LogP contribution is -2.28. The van der Waals surface area contributed by atoms with E-state index in [1.807, 2.05) is 43.4 Å². The summed E-state index contributed by atoms with van der Waals surface area (Å²) in [7, 11) is 2.01. The van der Waals surface area contributed by atoms with Gasteiger partial charge in [-0.2, -0.15) is 0 Å². The third kappa shape index (κ3) is 6.17. The molecular formula is C27H31N3O6. The van der Waals surface area contributed by atoms with E-state index in [4.69, 9.17) is 18.9 Å². The molecule has 0 bridgehead atoms. The maximum Gasteiger partial charge on any atom is 0.354 e. The molecular weight excluding hydrogens is 462 g/mol. The van der Waals surface area contributed by atoms with Crippen molar-refractivity contribution in [2.75, 3.05) is 46.6 Å². The van der Waals surface area contributed by atoms with Crippen molar-refractivity contribution in [1.82, 2.24) is 14.9 Å². The summed E-state index contributed by atoms with van der Waals surface area (Å²) in [4.78, 5) is 32.1. The van der Waals surface area contributed by atoms with E-state index in [1.165, 1.54) is 0 Å². The number of esters is 2. The van der Waals surface area contributed by atoms with E-state index < -0.39 is 0 Å². The second kappa shape index (κ2) is 11.6. The lowest BCUT2D eigenvalue weighted by atomic mass is 10.2. The SMILES string of the molecule is CCOC(=O)c1cc2cc(OCCN(C)CCOc3ccc4[nH]c(C(=O)OCC)cc4c3)ccc2[nH]1. The van der Waals surface area contributed by atoms with Gasteiger partial charge in [0.25, 0.3) is 0 Å². The number of hydrogen-bond donors (Lipinski definition) is 2. The van der Waals surface area contributed by atoms with Crippen molar-refractivity contribution in [2.45, 2.75) is 13.8 Å². The maximum atomic E-state index is 11.9. The van der Waals surface area contributed by atoms with E-state index >= 15 is 0 Å². The van der Waals surface area contributed by atoms with Gasteiger partial charge in [-0.25, -0.2) is 9.59 Å². The summed E-state index contributed by atoms with van der Waals surface area (Å²) in [6.45, 7) is 6.71. The van der Waals surface area contributed by atoms with Gasteiger partial charge in [-0.3, -0.25) is 4.90 Å². The summed E-state index contributed by atoms with van der Waals surface area (Å²) in [6.07, 6.45) is 0. The first-order valence-corrected chi connectivity index (χ1v) is 12.0. The molecule has 0 aliphatic carbocycles. The normalized spacial score (nSPS) is 11.2. The Morgan fingerprint density at radius 3 is 1.58 bits per heavy atom. The molecule has 0 saturated carbocycles. The number of ether oxygens (including phenoxy) is 4. The number of nitrogens with zero attached hydrogens (tertiary/aromatic N) is 1. The number of carbonyl (C=O) groups excluding carboxylic acids is 2. The second-order valence-electron chi connectivity index (χ2n) is 8.31. The van der Waals surface area contributed by atoms with Crippen LogP contribution in [0.3, 0.4) is 0 Å². The molecule has 2 heterocycles. The second-order valence-corrected chi connectivity index (χ2v) is 8.31. The fraction of sp³-hybridized carbons (Fsp3) is 0.333. The molecule has 9 nitrogen and oxygen atoms in total. The number of nitrogens with one attached hydrogen (secondary N) is 2. The molecule has 0 aliphatic rings. The highest BCUT2D eigenvalue weighted by Gasteiger charge is 2.12. The summed E-state index contributed by atoms with van der Waals surface area (Å²) >= 11 is 0. The number of carbonyl (C=O) groups is 2. The Bertz CT molecular complexity index is 1240. The first-order chi connectivity index (χ1) is 17.5. The minimum atomic E-state index is -0.366. The molecule has 2 N–H and O–H groups in total. The Morgan fingerprint density at radius 1 is 0.722 bits per heavy atom. The molecule has 2 aromatic carbocycles. The van der Waals surface area contributed by atoms with Gasteiger partial charge in [-0.15, -0.1) is 0 Å². The standard InChI is InChI=1S/C27H31N3O6/c1-4-33-26(31)24-16-18-14-20(6-8-22(18)28-24)35-12-10-30(3)11-13-36-21-7-9-23-19(15-21)17-25(29-23)27(32)34-5-2/h6-9,14-17,28-29H,4-5,10-13H2,1-3H3. The van der Waals surface area contributed by atoms with Crippen LogP contribution in [0.15, 0.2) is 48.5 Å². The molecule has 0 amide bonds. The zero-order chi connectivity index (χ0) is 25.5. The molecule has 9 heteroatoms. The number of H-pyrrole nitrogens is 2. The quantitative estimate of drug-likeness (QED) is 0.282. The Kier molecular flexibility index (Phi) is 8.12. The Balaban J connectivity index is 1.22. The van der Waals surface area contributed by atoms with E-state index in [-0.39, 0.29) is 11.9 Å². The molecule has 190 valence electrons. The largest absolute Gasteiger partial charge is 0.492 e. The number of rotatable bonds is 12. The zero-order valence-corrected chi connectivity index (χ0v) is 20.8. The van der Waals surface area contributed by atoms with Crippen molar-refractivity contribution in [1.29, 1.82) is 0 Å². The summed E-state index contributed by atoms with van der Waals surface area (Å²) in [5.41, 5.74) is 2.57. The third-order valence-corrected chi connectivity index (χ3v) is 5.66. The van der Waals surface area contributed by atoms with Crippen LogP contribution in [0.2, 0.25) is 0 Å². The van der Waals surface area contributed by atoms with Gasteiger partial charge in [-0.05, 0) is 69.4 Å². The van der Waals surface area contributed by atoms with Crippen LogP contribution in [0.4, 0.5) is 0 Å². The van der Waals surface area contributed by atoms with Crippen molar-refractivity contribution < 1.29 is 28.5 Å². The van der Waals surface area contributed by atoms with Crippen molar-refractivity contribution >= 4 is 33.7 Å². The van der Waals surface area contributed by atoms with Crippen molar-refractivity contribution in [2.24, 2.45) is 0 Å². The molecule has 0 fully saturated rings. The average molecular weight is 494 g/mol. The number of hydrogen-bond acceptors (Lipinski definition) is 7. The average Bonchev–Trinajstić information content (AvgIpc) is 3.48. The van der Waals surface area contributed by atoms with Gasteiger partial charge in [0.05, 0.1) is 13.2 Å². The molecule has 2 aromatic heterocycles. The predicted molar refractivity (Wildman–Crippen MR) is 137 cm³/mol. The Morgan fingerprint density at radius 2 is 1.17 bits per heavy atom. The van der Waals surface area contributed by atoms with Gasteiger partial charge < -0.3 is 28.9 Å². The van der Waals surface area contributed by atoms with Crippen LogP contribution in [-0.4, -0.2) is 73.4 Å². The van der Waals surface area contributed by atoms with Gasteiger partial charge in [0, 0.05) is 34.9 Å². The van der Waals surface area contributed by atoms with E-state index in [1.54, 1.807) is 26.0 Å². The van der Waals surface area contributed by atoms with E-state index in [0.717, 1.165) is 46.4 Å². The summed E-state index contributed by atoms with van der Waals surface area (Å²) in [5, 5.41) is 1.79. The lowest BCUT2D eigenvalue weighted by molar-refractivity contribution is 0.0511. The van der Waals surface area contributed by atoms with E-state index in [0.29, 0.717) is 37.8 Å². The van der Waals surface area contributed by atoms with Crippen molar-refractivity contribution in [3.05, 3.63) is 59.9 Å². The van der Waals surface area contributed by atoms with Crippen molar-refractivity contribution in [3.63, 3.8) is 0 Å². The Hall–Kier alpha value is -3.98. The van der Waals surface area contributed by atoms with Crippen LogP contribution in [0.25, 0.3) is 21.8 Å². The first-order valence-electron chi connectivity index (χ1n) is 12.0. The van der Waals surface area contributed by atoms with Crippen LogP contribution in [-0.2, 0) is 9.47 Å². The maximum absolute atomic E-state index is 11.9. The summed E-state index contributed by atoms with van der Waals surface area (Å²) < 4.78 is 21.9. The minimum absolute atomic E-state index is 0.335. The smallest absolute Gasteiger partial charge is 0.354 e. The van der Waals surface area contributed by atoms with Crippen LogP contribution in [0.1, 0.15) is 34.8 Å². The number of fused-ring (bicyclic) bond motifs is 2. The van der Waals surface area contributed by atoms with E-state index in [2.05, 4.69) is 14.9 Å². The molecule has 0 saturated heterocycles. The predicted octanol–water partition coefficient (Wildman–Crippen LogP) is 4.39. The van der Waals surface area contributed by atoms with Gasteiger partial charge in [0.2, 0.25) is 0 Å². The molecule has 0 atom stereocenters. The van der Waals surface area contributed by atoms with Crippen LogP contribution >= 0.6 is 0 Å². The third-order valence-electron chi connectivity index (χ3n) is 5.66. The van der Waals surface area contributed by atoms with Gasteiger partial charge in [0.15, 0.2) is 0 Å². The van der Waals surface area contributed by atoms with Crippen LogP contribution in [0.5, 0.6) is 11.5 Å². The zero-order valence-electron chi connectivity index (χ0n) is 20.8. The summed E-state index contributed by atoms with van der Waals surface area (Å²) in [6, 6.07) is 14.9. The topological polar surface area (TPSA) is 106 Å². The number of likely N-dealkylation sites (N-methyl/N-ethyl adjacent to an activating group) is 1. The number of aromatic nitrogens is 2. The molecule has 4 rings (SSSR count). The minimum Gasteiger partial charge on any atom is -0.492 e. The molecule has 4 aromatic rings. The van der Waals surface area contributed by atoms with Crippen LogP contribution < -0.4 is 9.47 Å². The molecule has 0 aliphatic heterocycles. The number of aromatic amines is 2. The molecule has 0 radical (unpaired) electrons. The highest BCUT2D eigenvalue weighted by molar-refractivity contribution is 5.96. The monoisotopic (exact) mass is 493 g/mol. The van der Waals surface area contributed by atoms with Gasteiger partial charge in [0.1, 0.15) is 36.1 Å². The molecule has 0 spiro atoms. The fourth-order valence-electron chi connectivity index (χ4n) is 3.79. The van der Waals surface area contributed by atoms with Crippen LogP contribution in [0, 0.1) is 0 Å². The van der Waals surface area contributed by atoms with Gasteiger partial charge in [-0.1, -0.05) is 0 Å². The van der Waals surface area contributed by atoms with E-state index in [9.17, 15) is 9.59 Å². The lowest BCUT2D eigenvalue weighted by Gasteiger charge is -2.17. The molecule has 0 unspecified atom stereocenters. The first kappa shape index (κ1) is 25.1. The van der Waals surface area contributed by atoms with Gasteiger partial charge >= 0.3 is 11.9 Å². The summed E-state index contributed by atoms with van der Waals surface area (Å²) in [5.74, 6) is 0.746. The molecule has 36 heavy (non-hydrogen) atoms.